The Balaban J connectivity index is 2.27. The van der Waals surface area contributed by atoms with Crippen LogP contribution in [0.15, 0.2) is 0 Å². The average molecular weight is 199 g/mol. The fourth-order valence-electron chi connectivity index (χ4n) is 2.33. The van der Waals surface area contributed by atoms with Crippen LogP contribution in [0, 0.1) is 5.92 Å². The number of methoxy groups -OCH3 is 1. The highest BCUT2D eigenvalue weighted by molar-refractivity contribution is 4.74. The van der Waals surface area contributed by atoms with Crippen molar-refractivity contribution in [3.05, 3.63) is 0 Å². The molecule has 84 valence electrons. The highest BCUT2D eigenvalue weighted by atomic mass is 16.5. The SMILES string of the molecule is COCCN(C)C1CCCC(C)CC1. The van der Waals surface area contributed by atoms with E-state index >= 15 is 0 Å². The second kappa shape index (κ2) is 6.41. The van der Waals surface area contributed by atoms with Crippen molar-refractivity contribution in [2.75, 3.05) is 27.3 Å². The lowest BCUT2D eigenvalue weighted by Gasteiger charge is -2.26. The van der Waals surface area contributed by atoms with Gasteiger partial charge in [0, 0.05) is 19.7 Å². The highest BCUT2D eigenvalue weighted by Crippen LogP contribution is 2.25. The molecule has 0 spiro atoms. The van der Waals surface area contributed by atoms with E-state index in [9.17, 15) is 0 Å². The third kappa shape index (κ3) is 3.97. The minimum absolute atomic E-state index is 0.801. The van der Waals surface area contributed by atoms with Gasteiger partial charge in [-0.05, 0) is 32.2 Å². The van der Waals surface area contributed by atoms with Crippen molar-refractivity contribution < 1.29 is 4.74 Å². The topological polar surface area (TPSA) is 12.5 Å². The van der Waals surface area contributed by atoms with Gasteiger partial charge in [0.2, 0.25) is 0 Å². The highest BCUT2D eigenvalue weighted by Gasteiger charge is 2.19. The van der Waals surface area contributed by atoms with E-state index in [1.165, 1.54) is 32.1 Å². The molecule has 2 unspecified atom stereocenters. The Morgan fingerprint density at radius 1 is 1.21 bits per heavy atom. The lowest BCUT2D eigenvalue weighted by Crippen LogP contribution is -2.33. The number of rotatable bonds is 4. The van der Waals surface area contributed by atoms with Crippen LogP contribution in [0.2, 0.25) is 0 Å². The molecule has 0 aliphatic heterocycles. The first-order valence-corrected chi connectivity index (χ1v) is 5.93. The third-order valence-electron chi connectivity index (χ3n) is 3.50. The third-order valence-corrected chi connectivity index (χ3v) is 3.50. The van der Waals surface area contributed by atoms with E-state index in [1.807, 2.05) is 0 Å². The zero-order valence-corrected chi connectivity index (χ0v) is 9.96. The molecule has 0 bridgehead atoms. The van der Waals surface area contributed by atoms with Crippen LogP contribution in [0.25, 0.3) is 0 Å². The Hall–Kier alpha value is -0.0800. The van der Waals surface area contributed by atoms with Crippen molar-refractivity contribution in [1.82, 2.24) is 4.90 Å². The molecular formula is C12H25NO. The van der Waals surface area contributed by atoms with Gasteiger partial charge in [0.25, 0.3) is 0 Å². The predicted octanol–water partition coefficient (Wildman–Crippen LogP) is 2.53. The zero-order valence-electron chi connectivity index (χ0n) is 9.96. The molecule has 0 aromatic heterocycles. The Kier molecular flexibility index (Phi) is 5.49. The van der Waals surface area contributed by atoms with Crippen LogP contribution in [0.3, 0.4) is 0 Å². The molecular weight excluding hydrogens is 174 g/mol. The van der Waals surface area contributed by atoms with Crippen LogP contribution >= 0.6 is 0 Å². The van der Waals surface area contributed by atoms with Crippen molar-refractivity contribution in [1.29, 1.82) is 0 Å². The van der Waals surface area contributed by atoms with Gasteiger partial charge < -0.3 is 9.64 Å². The van der Waals surface area contributed by atoms with Gasteiger partial charge >= 0.3 is 0 Å². The molecule has 0 amide bonds. The number of nitrogens with zero attached hydrogens (tertiary/aromatic N) is 1. The number of hydrogen-bond acceptors (Lipinski definition) is 2. The quantitative estimate of drug-likeness (QED) is 0.645. The predicted molar refractivity (Wildman–Crippen MR) is 60.5 cm³/mol. The summed E-state index contributed by atoms with van der Waals surface area (Å²) < 4.78 is 5.11. The molecule has 1 aliphatic rings. The molecule has 14 heavy (non-hydrogen) atoms. The number of likely N-dealkylation sites (N-methyl/N-ethyl adjacent to an activating group) is 1. The van der Waals surface area contributed by atoms with E-state index < -0.39 is 0 Å². The molecule has 2 heteroatoms. The number of ether oxygens (including phenoxy) is 1. The first-order chi connectivity index (χ1) is 6.74. The summed E-state index contributed by atoms with van der Waals surface area (Å²) >= 11 is 0. The van der Waals surface area contributed by atoms with Crippen LogP contribution in [-0.4, -0.2) is 38.3 Å². The molecule has 0 N–H and O–H groups in total. The van der Waals surface area contributed by atoms with E-state index in [-0.39, 0.29) is 0 Å². The van der Waals surface area contributed by atoms with E-state index in [0.717, 1.165) is 25.1 Å². The molecule has 2 atom stereocenters. The molecule has 2 nitrogen and oxygen atoms in total. The monoisotopic (exact) mass is 199 g/mol. The summed E-state index contributed by atoms with van der Waals surface area (Å²) in [6, 6.07) is 0.801. The Bertz CT molecular complexity index is 149. The van der Waals surface area contributed by atoms with Crippen LogP contribution in [0.1, 0.15) is 39.0 Å². The largest absolute Gasteiger partial charge is 0.383 e. The summed E-state index contributed by atoms with van der Waals surface area (Å²) in [7, 11) is 4.02. The normalized spacial score (nSPS) is 29.1. The minimum Gasteiger partial charge on any atom is -0.383 e. The second-order valence-corrected chi connectivity index (χ2v) is 4.74. The maximum absolute atomic E-state index is 5.11. The van der Waals surface area contributed by atoms with E-state index in [0.29, 0.717) is 0 Å². The van der Waals surface area contributed by atoms with Gasteiger partial charge in [-0.1, -0.05) is 19.8 Å². The molecule has 0 heterocycles. The molecule has 0 aromatic rings. The van der Waals surface area contributed by atoms with Gasteiger partial charge in [0.1, 0.15) is 0 Å². The van der Waals surface area contributed by atoms with Crippen LogP contribution in [-0.2, 0) is 4.74 Å². The van der Waals surface area contributed by atoms with Crippen molar-refractivity contribution in [2.24, 2.45) is 5.92 Å². The molecule has 0 aromatic carbocycles. The molecule has 1 aliphatic carbocycles. The van der Waals surface area contributed by atoms with Crippen LogP contribution in [0.4, 0.5) is 0 Å². The summed E-state index contributed by atoms with van der Waals surface area (Å²) in [6.07, 6.45) is 6.99. The Labute approximate surface area is 88.6 Å². The summed E-state index contributed by atoms with van der Waals surface area (Å²) in [5, 5.41) is 0. The van der Waals surface area contributed by atoms with Crippen LogP contribution < -0.4 is 0 Å². The van der Waals surface area contributed by atoms with Gasteiger partial charge in [-0.25, -0.2) is 0 Å². The molecule has 1 saturated carbocycles. The van der Waals surface area contributed by atoms with Gasteiger partial charge in [0.05, 0.1) is 6.61 Å². The summed E-state index contributed by atoms with van der Waals surface area (Å²) in [5.74, 6) is 0.941. The van der Waals surface area contributed by atoms with Gasteiger partial charge in [-0.3, -0.25) is 0 Å². The Morgan fingerprint density at radius 3 is 2.71 bits per heavy atom. The van der Waals surface area contributed by atoms with Crippen LogP contribution in [0.5, 0.6) is 0 Å². The summed E-state index contributed by atoms with van der Waals surface area (Å²) in [4.78, 5) is 2.47. The zero-order chi connectivity index (χ0) is 10.4. The van der Waals surface area contributed by atoms with Crippen molar-refractivity contribution in [3.63, 3.8) is 0 Å². The smallest absolute Gasteiger partial charge is 0.0589 e. The fraction of sp³-hybridized carbons (Fsp3) is 1.00. The maximum Gasteiger partial charge on any atom is 0.0589 e. The average Bonchev–Trinajstić information content (AvgIpc) is 2.39. The fourth-order valence-corrected chi connectivity index (χ4v) is 2.33. The summed E-state index contributed by atoms with van der Waals surface area (Å²) in [5.41, 5.74) is 0. The summed E-state index contributed by atoms with van der Waals surface area (Å²) in [6.45, 7) is 4.33. The van der Waals surface area contributed by atoms with E-state index in [2.05, 4.69) is 18.9 Å². The maximum atomic E-state index is 5.11. The number of hydrogen-bond donors (Lipinski definition) is 0. The Morgan fingerprint density at radius 2 is 2.00 bits per heavy atom. The van der Waals surface area contributed by atoms with E-state index in [4.69, 9.17) is 4.74 Å². The first-order valence-electron chi connectivity index (χ1n) is 5.93. The molecule has 1 fully saturated rings. The van der Waals surface area contributed by atoms with E-state index in [1.54, 1.807) is 7.11 Å². The van der Waals surface area contributed by atoms with Gasteiger partial charge in [-0.15, -0.1) is 0 Å². The molecule has 1 rings (SSSR count). The van der Waals surface area contributed by atoms with Gasteiger partial charge in [-0.2, -0.15) is 0 Å². The van der Waals surface area contributed by atoms with Crippen molar-refractivity contribution in [2.45, 2.75) is 45.1 Å². The lowest BCUT2D eigenvalue weighted by molar-refractivity contribution is 0.132. The standard InChI is InChI=1S/C12H25NO/c1-11-5-4-6-12(8-7-11)13(2)9-10-14-3/h11-12H,4-10H2,1-3H3. The van der Waals surface area contributed by atoms with Crippen molar-refractivity contribution in [3.8, 4) is 0 Å². The second-order valence-electron chi connectivity index (χ2n) is 4.74. The first kappa shape index (κ1) is 12.0. The molecule has 0 radical (unpaired) electrons. The molecule has 0 saturated heterocycles. The minimum atomic E-state index is 0.801. The van der Waals surface area contributed by atoms with Gasteiger partial charge in [0.15, 0.2) is 0 Å². The van der Waals surface area contributed by atoms with Crippen molar-refractivity contribution >= 4 is 0 Å². The lowest BCUT2D eigenvalue weighted by atomic mass is 10.0.